The van der Waals surface area contributed by atoms with Gasteiger partial charge < -0.3 is 5.32 Å². The largest absolute Gasteiger partial charge is 0.345 e. The topological polar surface area (TPSA) is 115 Å². The van der Waals surface area contributed by atoms with Crippen molar-refractivity contribution in [2.24, 2.45) is 0 Å². The molecule has 0 aliphatic carbocycles. The molecular formula is C21H18BrN7O2S2. The normalized spacial score (nSPS) is 10.7. The van der Waals surface area contributed by atoms with Gasteiger partial charge in [0, 0.05) is 15.7 Å². The Kier molecular flexibility index (Phi) is 7.47. The lowest BCUT2D eigenvalue weighted by Crippen LogP contribution is -2.24. The number of aryl methyl sites for hydroxylation is 1. The molecule has 0 atom stereocenters. The third kappa shape index (κ3) is 6.03. The zero-order valence-corrected chi connectivity index (χ0v) is 20.6. The van der Waals surface area contributed by atoms with Gasteiger partial charge in [-0.05, 0) is 43.3 Å². The number of hydrogen-bond donors (Lipinski definition) is 2. The van der Waals surface area contributed by atoms with E-state index in [1.807, 2.05) is 54.0 Å². The SMILES string of the molecule is Cc1nnc(NC(=O)CSc2nnc(CNC(=O)c3ccccc3)n2-c2ccc(Br)cc2)s1. The molecule has 4 aromatic rings. The number of aromatic nitrogens is 5. The van der Waals surface area contributed by atoms with E-state index in [-0.39, 0.29) is 24.1 Å². The monoisotopic (exact) mass is 543 g/mol. The predicted molar refractivity (Wildman–Crippen MR) is 131 cm³/mol. The Hall–Kier alpha value is -3.09. The Morgan fingerprint density at radius 3 is 2.48 bits per heavy atom. The van der Waals surface area contributed by atoms with Crippen molar-refractivity contribution in [3.05, 3.63) is 75.5 Å². The Labute approximate surface area is 206 Å². The highest BCUT2D eigenvalue weighted by Gasteiger charge is 2.17. The van der Waals surface area contributed by atoms with Crippen molar-refractivity contribution in [2.45, 2.75) is 18.6 Å². The third-order valence-corrected chi connectivity index (χ3v) is 6.54. The van der Waals surface area contributed by atoms with Gasteiger partial charge in [-0.3, -0.25) is 19.5 Å². The van der Waals surface area contributed by atoms with Crippen LogP contribution in [0.3, 0.4) is 0 Å². The molecule has 2 heterocycles. The second-order valence-corrected chi connectivity index (χ2v) is 9.76. The summed E-state index contributed by atoms with van der Waals surface area (Å²) in [6.07, 6.45) is 0. The van der Waals surface area contributed by atoms with E-state index in [2.05, 4.69) is 47.0 Å². The molecule has 2 aromatic heterocycles. The van der Waals surface area contributed by atoms with Crippen molar-refractivity contribution in [1.29, 1.82) is 0 Å². The first kappa shape index (κ1) is 23.1. The molecule has 0 fully saturated rings. The van der Waals surface area contributed by atoms with Gasteiger partial charge in [-0.2, -0.15) is 0 Å². The van der Waals surface area contributed by atoms with Crippen LogP contribution in [0.15, 0.2) is 64.2 Å². The standard InChI is InChI=1S/C21H18BrN7O2S2/c1-13-25-27-20(33-13)24-18(30)12-32-21-28-26-17(29(21)16-9-7-15(22)8-10-16)11-23-19(31)14-5-3-2-4-6-14/h2-10H,11-12H2,1H3,(H,23,31)(H,24,27,30). The van der Waals surface area contributed by atoms with E-state index < -0.39 is 0 Å². The lowest BCUT2D eigenvalue weighted by Gasteiger charge is -2.11. The van der Waals surface area contributed by atoms with Crippen LogP contribution in [0.1, 0.15) is 21.2 Å². The van der Waals surface area contributed by atoms with Crippen LogP contribution < -0.4 is 10.6 Å². The van der Waals surface area contributed by atoms with Gasteiger partial charge in [0.2, 0.25) is 11.0 Å². The van der Waals surface area contributed by atoms with Gasteiger partial charge in [-0.15, -0.1) is 20.4 Å². The Bertz CT molecular complexity index is 1260. The molecule has 2 aromatic carbocycles. The molecule has 0 radical (unpaired) electrons. The van der Waals surface area contributed by atoms with Crippen LogP contribution in [0, 0.1) is 6.92 Å². The molecule has 0 aliphatic rings. The summed E-state index contributed by atoms with van der Waals surface area (Å²) in [5.74, 6) is 0.232. The quantitative estimate of drug-likeness (QED) is 0.324. The highest BCUT2D eigenvalue weighted by Crippen LogP contribution is 2.24. The molecule has 0 unspecified atom stereocenters. The summed E-state index contributed by atoms with van der Waals surface area (Å²) in [5, 5.41) is 23.7. The number of carbonyl (C=O) groups is 2. The first-order valence-electron chi connectivity index (χ1n) is 9.76. The number of hydrogen-bond acceptors (Lipinski definition) is 8. The minimum atomic E-state index is -0.222. The van der Waals surface area contributed by atoms with Gasteiger partial charge in [0.25, 0.3) is 5.91 Å². The fourth-order valence-corrected chi connectivity index (χ4v) is 4.48. The van der Waals surface area contributed by atoms with Crippen LogP contribution in [-0.4, -0.2) is 42.5 Å². The lowest BCUT2D eigenvalue weighted by molar-refractivity contribution is -0.113. The summed E-state index contributed by atoms with van der Waals surface area (Å²) in [5.41, 5.74) is 1.38. The number of halogens is 1. The number of benzene rings is 2. The molecule has 9 nitrogen and oxygen atoms in total. The first-order chi connectivity index (χ1) is 16.0. The van der Waals surface area contributed by atoms with Gasteiger partial charge in [0.15, 0.2) is 11.0 Å². The zero-order valence-electron chi connectivity index (χ0n) is 17.4. The fraction of sp³-hybridized carbons (Fsp3) is 0.143. The molecule has 2 N–H and O–H groups in total. The van der Waals surface area contributed by atoms with Gasteiger partial charge in [-0.1, -0.05) is 57.2 Å². The van der Waals surface area contributed by atoms with E-state index in [0.717, 1.165) is 15.2 Å². The van der Waals surface area contributed by atoms with Crippen molar-refractivity contribution in [2.75, 3.05) is 11.1 Å². The number of carbonyl (C=O) groups excluding carboxylic acids is 2. The fourth-order valence-electron chi connectivity index (χ4n) is 2.84. The van der Waals surface area contributed by atoms with Crippen molar-refractivity contribution < 1.29 is 9.59 Å². The second kappa shape index (κ2) is 10.7. The van der Waals surface area contributed by atoms with Crippen molar-refractivity contribution in [3.8, 4) is 5.69 Å². The van der Waals surface area contributed by atoms with Gasteiger partial charge in [-0.25, -0.2) is 0 Å². The number of amides is 2. The van der Waals surface area contributed by atoms with Crippen LogP contribution in [0.2, 0.25) is 0 Å². The van der Waals surface area contributed by atoms with E-state index in [4.69, 9.17) is 0 Å². The molecule has 12 heteroatoms. The average molecular weight is 544 g/mol. The summed E-state index contributed by atoms with van der Waals surface area (Å²) in [4.78, 5) is 24.8. The smallest absolute Gasteiger partial charge is 0.251 e. The molecule has 0 saturated heterocycles. The van der Waals surface area contributed by atoms with E-state index in [1.54, 1.807) is 12.1 Å². The lowest BCUT2D eigenvalue weighted by atomic mass is 10.2. The predicted octanol–water partition coefficient (Wildman–Crippen LogP) is 3.85. The highest BCUT2D eigenvalue weighted by molar-refractivity contribution is 9.10. The number of thioether (sulfide) groups is 1. The number of nitrogens with one attached hydrogen (secondary N) is 2. The van der Waals surface area contributed by atoms with Crippen molar-refractivity contribution in [1.82, 2.24) is 30.3 Å². The maximum absolute atomic E-state index is 12.5. The summed E-state index contributed by atoms with van der Waals surface area (Å²) < 4.78 is 2.75. The molecule has 0 bridgehead atoms. The van der Waals surface area contributed by atoms with E-state index in [1.165, 1.54) is 23.1 Å². The Morgan fingerprint density at radius 1 is 1.03 bits per heavy atom. The summed E-state index contributed by atoms with van der Waals surface area (Å²) in [6.45, 7) is 1.99. The van der Waals surface area contributed by atoms with E-state index in [9.17, 15) is 9.59 Å². The van der Waals surface area contributed by atoms with Crippen molar-refractivity contribution >= 4 is 56.0 Å². The van der Waals surface area contributed by atoms with Crippen LogP contribution in [-0.2, 0) is 11.3 Å². The second-order valence-electron chi connectivity index (χ2n) is 6.72. The summed E-state index contributed by atoms with van der Waals surface area (Å²) in [6, 6.07) is 16.6. The Morgan fingerprint density at radius 2 is 1.79 bits per heavy atom. The summed E-state index contributed by atoms with van der Waals surface area (Å²) >= 11 is 5.99. The summed E-state index contributed by atoms with van der Waals surface area (Å²) in [7, 11) is 0. The molecule has 4 rings (SSSR count). The van der Waals surface area contributed by atoms with E-state index >= 15 is 0 Å². The minimum absolute atomic E-state index is 0.115. The Balaban J connectivity index is 1.50. The number of anilines is 1. The van der Waals surface area contributed by atoms with Gasteiger partial charge in [0.05, 0.1) is 12.3 Å². The first-order valence-corrected chi connectivity index (χ1v) is 12.4. The number of rotatable bonds is 8. The highest BCUT2D eigenvalue weighted by atomic mass is 79.9. The molecule has 2 amide bonds. The maximum Gasteiger partial charge on any atom is 0.251 e. The molecule has 0 saturated carbocycles. The number of nitrogens with zero attached hydrogens (tertiary/aromatic N) is 5. The third-order valence-electron chi connectivity index (χ3n) is 4.33. The molecular weight excluding hydrogens is 526 g/mol. The van der Waals surface area contributed by atoms with Crippen LogP contribution in [0.5, 0.6) is 0 Å². The maximum atomic E-state index is 12.5. The van der Waals surface area contributed by atoms with Crippen LogP contribution in [0.4, 0.5) is 5.13 Å². The van der Waals surface area contributed by atoms with Gasteiger partial charge >= 0.3 is 0 Å². The minimum Gasteiger partial charge on any atom is -0.345 e. The van der Waals surface area contributed by atoms with Crippen LogP contribution >= 0.6 is 39.0 Å². The molecule has 0 aliphatic heterocycles. The zero-order chi connectivity index (χ0) is 23.2. The average Bonchev–Trinajstić information content (AvgIpc) is 3.42. The molecule has 168 valence electrons. The molecule has 33 heavy (non-hydrogen) atoms. The molecule has 0 spiro atoms. The van der Waals surface area contributed by atoms with Crippen LogP contribution in [0.25, 0.3) is 5.69 Å². The van der Waals surface area contributed by atoms with Gasteiger partial charge in [0.1, 0.15) is 5.01 Å². The van der Waals surface area contributed by atoms with E-state index in [0.29, 0.717) is 21.7 Å². The van der Waals surface area contributed by atoms with Crippen molar-refractivity contribution in [3.63, 3.8) is 0 Å².